The van der Waals surface area contributed by atoms with Crippen LogP contribution in [0.25, 0.3) is 10.4 Å². The quantitative estimate of drug-likeness (QED) is 0.510. The third kappa shape index (κ3) is 4.72. The Balaban J connectivity index is 2.07. The minimum atomic E-state index is -0.121. The molecule has 1 aromatic rings. The van der Waals surface area contributed by atoms with Crippen LogP contribution in [0.15, 0.2) is 29.4 Å². The van der Waals surface area contributed by atoms with E-state index in [2.05, 4.69) is 15.5 Å². The van der Waals surface area contributed by atoms with Gasteiger partial charge >= 0.3 is 0 Å². The summed E-state index contributed by atoms with van der Waals surface area (Å²) in [5.74, 6) is -0.125. The smallest absolute Gasteiger partial charge is 0.241 e. The first kappa shape index (κ1) is 16.8. The maximum absolute atomic E-state index is 12.4. The van der Waals surface area contributed by atoms with E-state index in [0.717, 1.165) is 24.8 Å². The van der Waals surface area contributed by atoms with E-state index in [1.54, 1.807) is 6.07 Å². The average Bonchev–Trinajstić information content (AvgIpc) is 2.70. The van der Waals surface area contributed by atoms with Crippen LogP contribution < -0.4 is 5.43 Å². The predicted molar refractivity (Wildman–Crippen MR) is 86.6 cm³/mol. The standard InChI is InChI=1S/C16H21N5O2/c1-2-5-15(22)19-21-9-4-7-13(11-16(21)23)12-6-3-8-14(10-12)18-20-17/h3,6,8,10,13H,2,4-5,7,9,11H2,1H3,(H,19,22). The zero-order valence-corrected chi connectivity index (χ0v) is 13.2. The Hall–Kier alpha value is -2.53. The lowest BCUT2D eigenvalue weighted by Crippen LogP contribution is -2.45. The molecule has 0 radical (unpaired) electrons. The molecule has 1 unspecified atom stereocenters. The maximum atomic E-state index is 12.4. The van der Waals surface area contributed by atoms with E-state index in [1.807, 2.05) is 25.1 Å². The van der Waals surface area contributed by atoms with E-state index in [9.17, 15) is 9.59 Å². The molecule has 1 atom stereocenters. The highest BCUT2D eigenvalue weighted by Crippen LogP contribution is 2.30. The van der Waals surface area contributed by atoms with Gasteiger partial charge in [0.2, 0.25) is 11.8 Å². The maximum Gasteiger partial charge on any atom is 0.241 e. The van der Waals surface area contributed by atoms with Crippen LogP contribution in [0.4, 0.5) is 5.69 Å². The van der Waals surface area contributed by atoms with Crippen molar-refractivity contribution in [2.75, 3.05) is 6.54 Å². The van der Waals surface area contributed by atoms with Crippen molar-refractivity contribution < 1.29 is 9.59 Å². The number of amides is 2. The zero-order valence-electron chi connectivity index (χ0n) is 13.2. The van der Waals surface area contributed by atoms with Crippen molar-refractivity contribution in [1.82, 2.24) is 10.4 Å². The van der Waals surface area contributed by atoms with Crippen molar-refractivity contribution in [2.24, 2.45) is 5.11 Å². The number of hydrazine groups is 1. The number of carbonyl (C=O) groups is 2. The Bertz CT molecular complexity index is 625. The Morgan fingerprint density at radius 1 is 1.52 bits per heavy atom. The molecule has 1 aliphatic heterocycles. The summed E-state index contributed by atoms with van der Waals surface area (Å²) in [6.45, 7) is 2.46. The number of hydrogen-bond donors (Lipinski definition) is 1. The van der Waals surface area contributed by atoms with Gasteiger partial charge in [-0.15, -0.1) is 0 Å². The SMILES string of the molecule is CCCC(=O)NN1CCCC(c2cccc(N=[N+]=[N-])c2)CC1=O. The van der Waals surface area contributed by atoms with E-state index in [1.165, 1.54) is 5.01 Å². The molecule has 2 rings (SSSR count). The molecular weight excluding hydrogens is 294 g/mol. The van der Waals surface area contributed by atoms with Crippen LogP contribution in [0.1, 0.15) is 50.5 Å². The summed E-state index contributed by atoms with van der Waals surface area (Å²) >= 11 is 0. The fraction of sp³-hybridized carbons (Fsp3) is 0.500. The molecule has 1 saturated heterocycles. The number of azide groups is 1. The molecule has 7 nitrogen and oxygen atoms in total. The van der Waals surface area contributed by atoms with E-state index < -0.39 is 0 Å². The van der Waals surface area contributed by atoms with E-state index in [0.29, 0.717) is 25.1 Å². The number of hydrogen-bond acceptors (Lipinski definition) is 3. The highest BCUT2D eigenvalue weighted by molar-refractivity contribution is 5.82. The van der Waals surface area contributed by atoms with Gasteiger partial charge in [-0.3, -0.25) is 20.0 Å². The molecule has 0 aliphatic carbocycles. The lowest BCUT2D eigenvalue weighted by molar-refractivity contribution is -0.141. The van der Waals surface area contributed by atoms with Gasteiger partial charge in [0.05, 0.1) is 0 Å². The molecule has 1 fully saturated rings. The van der Waals surface area contributed by atoms with Gasteiger partial charge in [-0.2, -0.15) is 0 Å². The zero-order chi connectivity index (χ0) is 16.7. The summed E-state index contributed by atoms with van der Waals surface area (Å²) in [5, 5.41) is 5.05. The van der Waals surface area contributed by atoms with Gasteiger partial charge in [0.15, 0.2) is 0 Å². The van der Waals surface area contributed by atoms with Crippen LogP contribution in [0, 0.1) is 0 Å². The Morgan fingerprint density at radius 3 is 3.09 bits per heavy atom. The molecule has 0 spiro atoms. The summed E-state index contributed by atoms with van der Waals surface area (Å²) in [7, 11) is 0. The summed E-state index contributed by atoms with van der Waals surface area (Å²) in [6, 6.07) is 7.33. The number of rotatable bonds is 5. The van der Waals surface area contributed by atoms with Crippen LogP contribution in [0.5, 0.6) is 0 Å². The molecule has 2 amide bonds. The lowest BCUT2D eigenvalue weighted by atomic mass is 9.91. The molecular formula is C16H21N5O2. The van der Waals surface area contributed by atoms with Crippen LogP contribution in [-0.2, 0) is 9.59 Å². The first-order valence-corrected chi connectivity index (χ1v) is 7.89. The molecule has 122 valence electrons. The van der Waals surface area contributed by atoms with Crippen molar-refractivity contribution in [3.63, 3.8) is 0 Å². The molecule has 23 heavy (non-hydrogen) atoms. The summed E-state index contributed by atoms with van der Waals surface area (Å²) in [4.78, 5) is 26.9. The van der Waals surface area contributed by atoms with Crippen LogP contribution >= 0.6 is 0 Å². The van der Waals surface area contributed by atoms with Gasteiger partial charge in [-0.1, -0.05) is 30.2 Å². The second kappa shape index (κ2) is 8.19. The summed E-state index contributed by atoms with van der Waals surface area (Å²) in [5.41, 5.74) is 12.8. The predicted octanol–water partition coefficient (Wildman–Crippen LogP) is 3.56. The van der Waals surface area contributed by atoms with E-state index in [-0.39, 0.29) is 17.7 Å². The van der Waals surface area contributed by atoms with Crippen molar-refractivity contribution in [1.29, 1.82) is 0 Å². The molecule has 1 N–H and O–H groups in total. The lowest BCUT2D eigenvalue weighted by Gasteiger charge is -2.21. The average molecular weight is 315 g/mol. The van der Waals surface area contributed by atoms with Gasteiger partial charge in [0.1, 0.15) is 0 Å². The van der Waals surface area contributed by atoms with Gasteiger partial charge in [0, 0.05) is 30.0 Å². The molecule has 0 aromatic heterocycles. The molecule has 0 bridgehead atoms. The minimum Gasteiger partial charge on any atom is -0.273 e. The van der Waals surface area contributed by atoms with Crippen molar-refractivity contribution in [3.05, 3.63) is 40.3 Å². The first-order chi connectivity index (χ1) is 11.1. The van der Waals surface area contributed by atoms with Gasteiger partial charge in [0.25, 0.3) is 0 Å². The first-order valence-electron chi connectivity index (χ1n) is 7.89. The molecule has 7 heteroatoms. The van der Waals surface area contributed by atoms with Crippen LogP contribution in [0.2, 0.25) is 0 Å². The van der Waals surface area contributed by atoms with Gasteiger partial charge < -0.3 is 0 Å². The Kier molecular flexibility index (Phi) is 6.00. The Labute approximate surface area is 135 Å². The number of carbonyl (C=O) groups excluding carboxylic acids is 2. The van der Waals surface area contributed by atoms with Crippen LogP contribution in [-0.4, -0.2) is 23.4 Å². The largest absolute Gasteiger partial charge is 0.273 e. The topological polar surface area (TPSA) is 98.2 Å². The molecule has 1 aromatic carbocycles. The molecule has 1 aliphatic rings. The van der Waals surface area contributed by atoms with Gasteiger partial charge in [-0.25, -0.2) is 0 Å². The minimum absolute atomic E-state index is 0.0735. The number of nitrogens with one attached hydrogen (secondary N) is 1. The third-order valence-corrected chi connectivity index (χ3v) is 3.89. The third-order valence-electron chi connectivity index (χ3n) is 3.89. The second-order valence-corrected chi connectivity index (χ2v) is 5.66. The fourth-order valence-electron chi connectivity index (χ4n) is 2.77. The molecule has 0 saturated carbocycles. The number of benzene rings is 1. The Morgan fingerprint density at radius 2 is 2.35 bits per heavy atom. The summed E-state index contributed by atoms with van der Waals surface area (Å²) in [6.07, 6.45) is 3.18. The molecule has 1 heterocycles. The number of nitrogens with zero attached hydrogens (tertiary/aromatic N) is 4. The summed E-state index contributed by atoms with van der Waals surface area (Å²) < 4.78 is 0. The van der Waals surface area contributed by atoms with Crippen LogP contribution in [0.3, 0.4) is 0 Å². The van der Waals surface area contributed by atoms with Gasteiger partial charge in [-0.05, 0) is 42.3 Å². The van der Waals surface area contributed by atoms with E-state index in [4.69, 9.17) is 5.53 Å². The monoisotopic (exact) mass is 315 g/mol. The second-order valence-electron chi connectivity index (χ2n) is 5.66. The highest BCUT2D eigenvalue weighted by atomic mass is 16.2. The van der Waals surface area contributed by atoms with E-state index >= 15 is 0 Å². The van der Waals surface area contributed by atoms with Crippen molar-refractivity contribution in [3.8, 4) is 0 Å². The normalized spacial score (nSPS) is 18.0. The highest BCUT2D eigenvalue weighted by Gasteiger charge is 2.25. The van der Waals surface area contributed by atoms with Crippen molar-refractivity contribution >= 4 is 17.5 Å². The van der Waals surface area contributed by atoms with Crippen molar-refractivity contribution in [2.45, 2.75) is 44.9 Å². The fourth-order valence-corrected chi connectivity index (χ4v) is 2.77.